The molecular weight excluding hydrogens is 2560 g/mol. The zero-order valence-corrected chi connectivity index (χ0v) is 84.6. The van der Waals surface area contributed by atoms with Crippen LogP contribution in [0.5, 0.6) is 69.0 Å². The van der Waals surface area contributed by atoms with Crippen molar-refractivity contribution in [3.63, 3.8) is 0 Å². The molecule has 0 atom stereocenters. The summed E-state index contributed by atoms with van der Waals surface area (Å²) in [7, 11) is 0. The van der Waals surface area contributed by atoms with Crippen molar-refractivity contribution in [2.24, 2.45) is 0 Å². The first-order valence-electron chi connectivity index (χ1n) is 34.2. The third kappa shape index (κ3) is 54.3. The number of hydrogen-bond acceptors (Lipinski definition) is 22. The molecule has 0 heterocycles. The Morgan fingerprint density at radius 3 is 0.909 bits per heavy atom. The van der Waals surface area contributed by atoms with E-state index in [1.54, 1.807) is 30.3 Å². The van der Waals surface area contributed by atoms with Gasteiger partial charge in [0.05, 0.1) is 21.4 Å². The van der Waals surface area contributed by atoms with Gasteiger partial charge in [-0.25, -0.2) is 0 Å². The van der Waals surface area contributed by atoms with Crippen LogP contribution in [0.25, 0.3) is 0 Å². The van der Waals surface area contributed by atoms with E-state index >= 15 is 0 Å². The molecule has 0 aromatic heterocycles. The number of benzene rings is 8. The average molecular weight is 2660 g/mol. The van der Waals surface area contributed by atoms with Crippen LogP contribution in [-0.4, -0.2) is 144 Å². The van der Waals surface area contributed by atoms with E-state index in [2.05, 4.69) is 209 Å². The highest BCUT2D eigenvalue weighted by atomic mass is 127. The van der Waals surface area contributed by atoms with E-state index in [0.717, 1.165) is 67.4 Å². The Bertz CT molecular complexity index is 3540. The Balaban J connectivity index is 0.000000631. The molecule has 612 valence electrons. The van der Waals surface area contributed by atoms with Gasteiger partial charge in [0.1, 0.15) is 69.0 Å². The standard InChI is InChI=1S/2C12H17IO4.C9H10I2O3.C9H10I2O2.C9H11IO3.3C9H11IO2/c1-3-14-8-16-10-5-6-12(11(13)7-10)17-9-15-4-2;1-3-14-8-16-10-6-5-7-11(12(10)13)17-9-15-4-2;1-2-13-5-14-6-3-7(10)9(12)8(11)4-6;1-2-12-6-13-9-4-7(10)3-8(11)5-9;1-2-12-6-13-7-3-4-9(11)8(10)5-7;1-2-11-7-12-9-5-3-8(10)4-6-9;1-2-11-7-12-9-5-3-4-8(10)6-9;1-2-11-7-12-9-6-4-3-5-8(9)10/h2*5-7H,3-4,8-9H2,1-2H3;3-4,12H,2,5H2,1H3;3-5H,2,6H2,1H3;3-5,11H,2,6H2,1H3;3*3-6H,2,7H2,1H3. The van der Waals surface area contributed by atoms with E-state index in [1.807, 2.05) is 213 Å². The summed E-state index contributed by atoms with van der Waals surface area (Å²) >= 11 is 21.8. The molecule has 0 spiro atoms. The number of para-hydroxylation sites is 1. The number of hydrogen-bond donors (Lipinski definition) is 2. The van der Waals surface area contributed by atoms with Crippen LogP contribution in [0.3, 0.4) is 0 Å². The van der Waals surface area contributed by atoms with Crippen LogP contribution >= 0.6 is 226 Å². The van der Waals surface area contributed by atoms with Crippen LogP contribution in [-0.2, 0) is 47.4 Å². The summed E-state index contributed by atoms with van der Waals surface area (Å²) in [6.07, 6.45) is 0. The minimum absolute atomic E-state index is 0.243. The Hall–Kier alpha value is -1.74. The Labute approximate surface area is 785 Å². The van der Waals surface area contributed by atoms with Crippen molar-refractivity contribution in [3.05, 3.63) is 193 Å². The van der Waals surface area contributed by atoms with Gasteiger partial charge >= 0.3 is 0 Å². The molecule has 0 saturated heterocycles. The lowest BCUT2D eigenvalue weighted by molar-refractivity contribution is 0.0170. The molecule has 2 N–H and O–H groups in total. The van der Waals surface area contributed by atoms with Crippen molar-refractivity contribution in [2.45, 2.75) is 69.2 Å². The molecule has 8 aromatic carbocycles. The lowest BCUT2D eigenvalue weighted by Gasteiger charge is -2.12. The molecule has 0 fully saturated rings. The Morgan fingerprint density at radius 1 is 0.218 bits per heavy atom. The molecular formula is C78H98I10O22. The molecule has 32 heteroatoms. The first-order valence-corrected chi connectivity index (χ1v) is 45.0. The van der Waals surface area contributed by atoms with Crippen LogP contribution in [0.4, 0.5) is 0 Å². The monoisotopic (exact) mass is 2660 g/mol. The Morgan fingerprint density at radius 2 is 0.518 bits per heavy atom. The Kier molecular flexibility index (Phi) is 69.0. The van der Waals surface area contributed by atoms with Crippen LogP contribution in [0.1, 0.15) is 69.2 Å². The molecule has 0 radical (unpaired) electrons. The van der Waals surface area contributed by atoms with Crippen molar-refractivity contribution in [2.75, 3.05) is 134 Å². The van der Waals surface area contributed by atoms with Crippen molar-refractivity contribution in [3.8, 4) is 69.0 Å². The highest BCUT2D eigenvalue weighted by Crippen LogP contribution is 2.33. The second kappa shape index (κ2) is 71.4. The lowest BCUT2D eigenvalue weighted by atomic mass is 10.3. The first kappa shape index (κ1) is 106. The smallest absolute Gasteiger partial charge is 0.189 e. The van der Waals surface area contributed by atoms with Gasteiger partial charge in [0.2, 0.25) is 0 Å². The number of rotatable bonds is 40. The molecule has 8 rings (SSSR count). The lowest BCUT2D eigenvalue weighted by Crippen LogP contribution is -2.06. The SMILES string of the molecule is CCOCOc1cc(I)c(O)c(I)c1.CCOCOc1cc(I)cc(I)c1.CCOCOc1ccc(I)cc1.CCOCOc1ccc(O)c(I)c1.CCOCOc1ccc(OCOCC)c(I)c1.CCOCOc1cccc(I)c1.CCOCOc1cccc(OCOCC)c1I.CCOCOc1ccccc1I. The van der Waals surface area contributed by atoms with Gasteiger partial charge in [0.15, 0.2) is 67.9 Å². The largest absolute Gasteiger partial charge is 0.507 e. The van der Waals surface area contributed by atoms with Gasteiger partial charge in [0.25, 0.3) is 0 Å². The third-order valence-corrected chi connectivity index (χ3v) is 20.1. The van der Waals surface area contributed by atoms with Crippen molar-refractivity contribution < 1.29 is 105 Å². The summed E-state index contributed by atoms with van der Waals surface area (Å²) in [6.45, 7) is 28.7. The number of halogens is 10. The van der Waals surface area contributed by atoms with Crippen molar-refractivity contribution in [1.82, 2.24) is 0 Å². The highest BCUT2D eigenvalue weighted by molar-refractivity contribution is 14.1. The number of phenols is 2. The number of ether oxygens (including phenoxy) is 20. The molecule has 110 heavy (non-hydrogen) atoms. The molecule has 8 aromatic rings. The van der Waals surface area contributed by atoms with Crippen LogP contribution < -0.4 is 47.4 Å². The summed E-state index contributed by atoms with van der Waals surface area (Å²) < 4.78 is 115. The fourth-order valence-electron chi connectivity index (χ4n) is 6.78. The highest BCUT2D eigenvalue weighted by Gasteiger charge is 2.10. The number of phenolic OH excluding ortho intramolecular Hbond substituents is 2. The summed E-state index contributed by atoms with van der Waals surface area (Å²) in [5.41, 5.74) is 0. The predicted molar refractivity (Wildman–Crippen MR) is 513 cm³/mol. The summed E-state index contributed by atoms with van der Waals surface area (Å²) in [6, 6.07) is 49.5. The molecule has 0 saturated carbocycles. The quantitative estimate of drug-likeness (QED) is 0.0207. The molecule has 22 nitrogen and oxygen atoms in total. The topological polar surface area (TPSA) is 225 Å². The van der Waals surface area contributed by atoms with Crippen molar-refractivity contribution >= 4 is 226 Å². The van der Waals surface area contributed by atoms with E-state index < -0.39 is 0 Å². The third-order valence-electron chi connectivity index (χ3n) is 12.1. The maximum atomic E-state index is 9.50. The molecule has 0 amide bonds. The van der Waals surface area contributed by atoms with Crippen LogP contribution in [0.15, 0.2) is 158 Å². The number of aromatic hydroxyl groups is 2. The van der Waals surface area contributed by atoms with Gasteiger partial charge in [-0.15, -0.1) is 0 Å². The van der Waals surface area contributed by atoms with Gasteiger partial charge in [-0.2, -0.15) is 0 Å². The molecule has 0 bridgehead atoms. The van der Waals surface area contributed by atoms with Gasteiger partial charge in [-0.1, -0.05) is 24.3 Å². The molecule has 0 aliphatic rings. The van der Waals surface area contributed by atoms with Crippen molar-refractivity contribution in [1.29, 1.82) is 0 Å². The fourth-order valence-corrected chi connectivity index (χ4v) is 13.6. The normalized spacial score (nSPS) is 10.1. The van der Waals surface area contributed by atoms with E-state index in [-0.39, 0.29) is 46.5 Å². The summed E-state index contributed by atoms with van der Waals surface area (Å²) in [5.74, 6) is 8.52. The maximum absolute atomic E-state index is 9.50. The second-order valence-electron chi connectivity index (χ2n) is 20.0. The van der Waals surface area contributed by atoms with Crippen LogP contribution in [0, 0.1) is 35.7 Å². The van der Waals surface area contributed by atoms with E-state index in [9.17, 15) is 10.2 Å². The van der Waals surface area contributed by atoms with Gasteiger partial charge in [-0.05, 0) is 429 Å². The summed E-state index contributed by atoms with van der Waals surface area (Å²) in [5, 5.41) is 18.7. The van der Waals surface area contributed by atoms with Gasteiger partial charge in [0, 0.05) is 80.3 Å². The van der Waals surface area contributed by atoms with Gasteiger partial charge < -0.3 is 105 Å². The van der Waals surface area contributed by atoms with E-state index in [0.29, 0.717) is 110 Å². The summed E-state index contributed by atoms with van der Waals surface area (Å²) in [4.78, 5) is 0. The predicted octanol–water partition coefficient (Wildman–Crippen LogP) is 22.7. The first-order chi connectivity index (χ1) is 53.2. The van der Waals surface area contributed by atoms with Gasteiger partial charge in [-0.3, -0.25) is 0 Å². The van der Waals surface area contributed by atoms with E-state index in [4.69, 9.17) is 94.7 Å². The minimum atomic E-state index is 0.243. The fraction of sp³-hybridized carbons (Fsp3) is 0.385. The molecule has 0 aliphatic heterocycles. The molecule has 0 aliphatic carbocycles. The second-order valence-corrected chi connectivity index (χ2v) is 31.9. The zero-order chi connectivity index (χ0) is 81.4. The maximum Gasteiger partial charge on any atom is 0.189 e. The van der Waals surface area contributed by atoms with E-state index in [1.165, 1.54) is 14.3 Å². The van der Waals surface area contributed by atoms with Crippen LogP contribution in [0.2, 0.25) is 0 Å². The zero-order valence-electron chi connectivity index (χ0n) is 63.0. The minimum Gasteiger partial charge on any atom is -0.507 e. The molecule has 0 unspecified atom stereocenters. The average Bonchev–Trinajstić information content (AvgIpc) is 0.855.